The minimum atomic E-state index is -0.0132. The molecule has 0 spiro atoms. The molecule has 5 nitrogen and oxygen atoms in total. The summed E-state index contributed by atoms with van der Waals surface area (Å²) in [5.41, 5.74) is 0. The molecular weight excluding hydrogens is 258 g/mol. The van der Waals surface area contributed by atoms with Crippen LogP contribution in [-0.4, -0.2) is 54.5 Å². The zero-order valence-corrected chi connectivity index (χ0v) is 12.4. The summed E-state index contributed by atoms with van der Waals surface area (Å²) in [6, 6.07) is 0. The van der Waals surface area contributed by atoms with Crippen molar-refractivity contribution >= 4 is 0 Å². The molecule has 0 radical (unpaired) electrons. The van der Waals surface area contributed by atoms with E-state index >= 15 is 0 Å². The number of halogens is 1. The maximum absolute atomic E-state index is 8.87. The first-order chi connectivity index (χ1) is 8.24. The molecule has 0 unspecified atom stereocenters. The van der Waals surface area contributed by atoms with Crippen molar-refractivity contribution in [1.82, 2.24) is 0 Å². The molecule has 0 fully saturated rings. The van der Waals surface area contributed by atoms with Gasteiger partial charge in [0.15, 0.2) is 0 Å². The predicted molar refractivity (Wildman–Crippen MR) is 65.9 cm³/mol. The van der Waals surface area contributed by atoms with Crippen molar-refractivity contribution in [2.45, 2.75) is 39.5 Å². The van der Waals surface area contributed by atoms with E-state index in [1.54, 1.807) is 0 Å². The molecule has 0 aromatic heterocycles. The molecule has 18 heavy (non-hydrogen) atoms. The van der Waals surface area contributed by atoms with Gasteiger partial charge >= 0.3 is 0 Å². The van der Waals surface area contributed by atoms with Crippen molar-refractivity contribution in [1.29, 1.82) is 0 Å². The van der Waals surface area contributed by atoms with Crippen LogP contribution in [0.25, 0.3) is 0 Å². The Hall–Kier alpha value is 0.0900. The molecule has 0 aromatic carbocycles. The summed E-state index contributed by atoms with van der Waals surface area (Å²) >= 11 is 0. The van der Waals surface area contributed by atoms with Crippen molar-refractivity contribution in [3.63, 3.8) is 0 Å². The predicted octanol–water partition coefficient (Wildman–Crippen LogP) is -1.74. The minimum absolute atomic E-state index is 0. The van der Waals surface area contributed by atoms with Crippen LogP contribution in [0.2, 0.25) is 0 Å². The van der Waals surface area contributed by atoms with Gasteiger partial charge in [0.25, 0.3) is 0 Å². The Morgan fingerprint density at radius 3 is 1.50 bits per heavy atom. The number of hydrogen-bond acceptors (Lipinski definition) is 4. The summed E-state index contributed by atoms with van der Waals surface area (Å²) < 4.78 is 0. The van der Waals surface area contributed by atoms with E-state index in [0.29, 0.717) is 0 Å². The van der Waals surface area contributed by atoms with Gasteiger partial charge in [-0.2, -0.15) is 9.68 Å². The standard InChI is InChI=1S/C12H28NO4.ClH/c1-3-5-7-13(8-6-4-2,16-11-9-14)17-12-10-15;/h14-15H,3-12H2,1-2H3;1H/q+1;/p-1. The first-order valence-corrected chi connectivity index (χ1v) is 6.62. The van der Waals surface area contributed by atoms with Gasteiger partial charge in [-0.15, -0.1) is 0 Å². The average molecular weight is 286 g/mol. The second-order valence-electron chi connectivity index (χ2n) is 4.08. The molecule has 0 aromatic rings. The molecule has 0 aliphatic rings. The van der Waals surface area contributed by atoms with Gasteiger partial charge in [-0.25, -0.2) is 0 Å². The van der Waals surface area contributed by atoms with E-state index in [1.807, 2.05) is 0 Å². The van der Waals surface area contributed by atoms with Crippen LogP contribution in [0.5, 0.6) is 0 Å². The lowest BCUT2D eigenvalue weighted by Crippen LogP contribution is -3.00. The van der Waals surface area contributed by atoms with E-state index in [1.165, 1.54) is 0 Å². The average Bonchev–Trinajstić information content (AvgIpc) is 2.37. The van der Waals surface area contributed by atoms with Gasteiger partial charge < -0.3 is 22.6 Å². The van der Waals surface area contributed by atoms with Gasteiger partial charge in [0.05, 0.1) is 13.2 Å². The second-order valence-corrected chi connectivity index (χ2v) is 4.08. The third-order valence-corrected chi connectivity index (χ3v) is 2.54. The summed E-state index contributed by atoms with van der Waals surface area (Å²) in [6.45, 7) is 6.26. The monoisotopic (exact) mass is 285 g/mol. The first-order valence-electron chi connectivity index (χ1n) is 6.62. The number of hydroxylamine groups is 4. The molecule has 0 aliphatic heterocycles. The lowest BCUT2D eigenvalue weighted by Gasteiger charge is -2.32. The van der Waals surface area contributed by atoms with Gasteiger partial charge in [-0.3, -0.25) is 0 Å². The molecule has 2 N–H and O–H groups in total. The molecule has 0 aliphatic carbocycles. The number of aliphatic hydroxyl groups is 2. The summed E-state index contributed by atoms with van der Waals surface area (Å²) in [4.78, 5) is 11.4. The number of nitrogens with zero attached hydrogens (tertiary/aromatic N) is 1. The number of unbranched alkanes of at least 4 members (excludes halogenated alkanes) is 2. The Morgan fingerprint density at radius 2 is 1.22 bits per heavy atom. The zero-order chi connectivity index (χ0) is 13.0. The van der Waals surface area contributed by atoms with Crippen LogP contribution >= 0.6 is 0 Å². The van der Waals surface area contributed by atoms with E-state index in [4.69, 9.17) is 19.9 Å². The summed E-state index contributed by atoms with van der Waals surface area (Å²) in [6.07, 6.45) is 4.13. The Kier molecular flexibility index (Phi) is 15.3. The van der Waals surface area contributed by atoms with Crippen LogP contribution < -0.4 is 12.4 Å². The third kappa shape index (κ3) is 9.08. The number of hydrogen-bond donors (Lipinski definition) is 2. The van der Waals surface area contributed by atoms with Crippen LogP contribution in [0, 0.1) is 0 Å². The Labute approximate surface area is 117 Å². The fraction of sp³-hybridized carbons (Fsp3) is 1.00. The van der Waals surface area contributed by atoms with Crippen molar-refractivity contribution in [2.24, 2.45) is 0 Å². The number of quaternary nitrogens is 1. The molecule has 0 heterocycles. The number of aliphatic hydroxyl groups excluding tert-OH is 2. The molecule has 0 saturated carbocycles. The molecule has 0 bridgehead atoms. The van der Waals surface area contributed by atoms with Crippen LogP contribution in [0.1, 0.15) is 39.5 Å². The van der Waals surface area contributed by atoms with Crippen molar-refractivity contribution in [3.05, 3.63) is 0 Å². The largest absolute Gasteiger partial charge is 1.00 e. The molecule has 0 amide bonds. The zero-order valence-electron chi connectivity index (χ0n) is 11.6. The summed E-state index contributed by atoms with van der Waals surface area (Å²) in [7, 11) is 0. The maximum atomic E-state index is 8.87. The molecule has 6 heteroatoms. The van der Waals surface area contributed by atoms with Crippen molar-refractivity contribution < 1.29 is 37.1 Å². The van der Waals surface area contributed by atoms with Crippen LogP contribution in [0.4, 0.5) is 0 Å². The maximum Gasteiger partial charge on any atom is 0.142 e. The first kappa shape index (κ1) is 20.4. The van der Waals surface area contributed by atoms with Gasteiger partial charge in [0.1, 0.15) is 26.3 Å². The second kappa shape index (κ2) is 13.5. The molecule has 0 saturated heterocycles. The third-order valence-electron chi connectivity index (χ3n) is 2.54. The summed E-state index contributed by atoms with van der Waals surface area (Å²) in [5, 5.41) is 17.7. The van der Waals surface area contributed by atoms with Crippen LogP contribution in [0.3, 0.4) is 0 Å². The highest BCUT2D eigenvalue weighted by Crippen LogP contribution is 2.14. The van der Waals surface area contributed by atoms with Gasteiger partial charge in [-0.1, -0.05) is 26.7 Å². The van der Waals surface area contributed by atoms with Gasteiger partial charge in [-0.05, 0) is 4.81 Å². The van der Waals surface area contributed by atoms with E-state index in [0.717, 1.165) is 38.8 Å². The van der Waals surface area contributed by atoms with Crippen LogP contribution in [0.15, 0.2) is 0 Å². The molecular formula is C12H28ClNO4. The van der Waals surface area contributed by atoms with Crippen molar-refractivity contribution in [2.75, 3.05) is 39.5 Å². The van der Waals surface area contributed by atoms with E-state index in [-0.39, 0.29) is 43.6 Å². The van der Waals surface area contributed by atoms with Crippen LogP contribution in [-0.2, 0) is 9.68 Å². The highest BCUT2D eigenvalue weighted by Gasteiger charge is 2.30. The Morgan fingerprint density at radius 1 is 0.833 bits per heavy atom. The van der Waals surface area contributed by atoms with E-state index < -0.39 is 0 Å². The highest BCUT2D eigenvalue weighted by atomic mass is 35.5. The SMILES string of the molecule is CCCC[N+](CCCC)(OCCO)OCCO.[Cl-]. The molecule has 0 atom stereocenters. The topological polar surface area (TPSA) is 58.9 Å². The normalized spacial score (nSPS) is 11.3. The lowest BCUT2D eigenvalue weighted by atomic mass is 10.3. The fourth-order valence-corrected chi connectivity index (χ4v) is 1.62. The lowest BCUT2D eigenvalue weighted by molar-refractivity contribution is -1.25. The minimum Gasteiger partial charge on any atom is -1.00 e. The molecule has 0 rings (SSSR count). The number of rotatable bonds is 12. The quantitative estimate of drug-likeness (QED) is 0.330. The van der Waals surface area contributed by atoms with E-state index in [9.17, 15) is 0 Å². The summed E-state index contributed by atoms with van der Waals surface area (Å²) in [5.74, 6) is 0. The van der Waals surface area contributed by atoms with Crippen molar-refractivity contribution in [3.8, 4) is 0 Å². The Balaban J connectivity index is 0. The van der Waals surface area contributed by atoms with Gasteiger partial charge in [0, 0.05) is 12.8 Å². The van der Waals surface area contributed by atoms with Gasteiger partial charge in [0.2, 0.25) is 0 Å². The highest BCUT2D eigenvalue weighted by molar-refractivity contribution is 4.35. The fourth-order valence-electron chi connectivity index (χ4n) is 1.62. The smallest absolute Gasteiger partial charge is 0.142 e. The molecule has 112 valence electrons. The Bertz CT molecular complexity index is 135. The van der Waals surface area contributed by atoms with E-state index in [2.05, 4.69) is 13.8 Å².